The monoisotopic (exact) mass is 330 g/mol. The summed E-state index contributed by atoms with van der Waals surface area (Å²) in [6, 6.07) is 5.43. The van der Waals surface area contributed by atoms with E-state index in [1.165, 1.54) is 6.07 Å². The Morgan fingerprint density at radius 2 is 1.55 bits per heavy atom. The van der Waals surface area contributed by atoms with Crippen LogP contribution in [-0.4, -0.2) is 12.1 Å². The molecule has 2 rings (SSSR count). The number of nitrogens with two attached hydrogens (primary N) is 2. The molecule has 1 fully saturated rings. The van der Waals surface area contributed by atoms with E-state index in [9.17, 15) is 13.2 Å². The molecule has 0 bridgehead atoms. The summed E-state index contributed by atoms with van der Waals surface area (Å²) < 4.78 is 38.8. The molecule has 3 atom stereocenters. The summed E-state index contributed by atoms with van der Waals surface area (Å²) in [7, 11) is 0. The van der Waals surface area contributed by atoms with E-state index in [4.69, 9.17) is 11.5 Å². The Bertz CT molecular complexity index is 426. The Morgan fingerprint density at radius 3 is 2.10 bits per heavy atom. The minimum Gasteiger partial charge on any atom is -0.326 e. The molecule has 0 radical (unpaired) electrons. The number of benzene rings is 1. The minimum absolute atomic E-state index is 0. The van der Waals surface area contributed by atoms with Crippen molar-refractivity contribution in [3.63, 3.8) is 0 Å². The normalized spacial score (nSPS) is 26.4. The van der Waals surface area contributed by atoms with Crippen molar-refractivity contribution in [3.05, 3.63) is 35.4 Å². The van der Waals surface area contributed by atoms with Crippen LogP contribution in [0.1, 0.15) is 36.3 Å². The number of hydrogen-bond donors (Lipinski definition) is 2. The average Bonchev–Trinajstić information content (AvgIpc) is 2.32. The summed E-state index contributed by atoms with van der Waals surface area (Å²) in [6.45, 7) is 0. The van der Waals surface area contributed by atoms with Crippen molar-refractivity contribution in [2.75, 3.05) is 0 Å². The van der Waals surface area contributed by atoms with Gasteiger partial charge in [0.25, 0.3) is 0 Å². The van der Waals surface area contributed by atoms with Crippen LogP contribution in [-0.2, 0) is 6.18 Å². The molecular formula is C13H19Cl2F3N2. The van der Waals surface area contributed by atoms with Gasteiger partial charge in [-0.25, -0.2) is 0 Å². The van der Waals surface area contributed by atoms with Crippen LogP contribution >= 0.6 is 24.8 Å². The van der Waals surface area contributed by atoms with Crippen LogP contribution in [0.4, 0.5) is 13.2 Å². The van der Waals surface area contributed by atoms with Gasteiger partial charge in [0.1, 0.15) is 0 Å². The van der Waals surface area contributed by atoms with Crippen LogP contribution in [0, 0.1) is 0 Å². The van der Waals surface area contributed by atoms with E-state index < -0.39 is 11.7 Å². The standard InChI is InChI=1S/C13H17F3N2.2ClH/c14-13(15,16)10-4-2-1-3-9(10)8-5-6-11(17)12(18)7-8;;/h1-4,8,11-12H,5-7,17-18H2;2*1H/t8?,11-,12-;;/m0../s1. The second kappa shape index (κ2) is 7.50. The van der Waals surface area contributed by atoms with Gasteiger partial charge in [0.2, 0.25) is 0 Å². The molecule has 0 amide bonds. The third-order valence-electron chi connectivity index (χ3n) is 3.66. The fraction of sp³-hybridized carbons (Fsp3) is 0.538. The second-order valence-corrected chi connectivity index (χ2v) is 4.92. The minimum atomic E-state index is -4.31. The van der Waals surface area contributed by atoms with Crippen molar-refractivity contribution in [1.29, 1.82) is 0 Å². The van der Waals surface area contributed by atoms with Gasteiger partial charge in [-0.05, 0) is 36.8 Å². The van der Waals surface area contributed by atoms with Gasteiger partial charge in [0.05, 0.1) is 5.56 Å². The van der Waals surface area contributed by atoms with Gasteiger partial charge in [-0.15, -0.1) is 24.8 Å². The molecule has 1 aromatic carbocycles. The van der Waals surface area contributed by atoms with E-state index >= 15 is 0 Å². The molecule has 1 aliphatic rings. The molecule has 1 aromatic rings. The summed E-state index contributed by atoms with van der Waals surface area (Å²) in [6.07, 6.45) is -2.44. The fourth-order valence-electron chi connectivity index (χ4n) is 2.62. The van der Waals surface area contributed by atoms with Gasteiger partial charge >= 0.3 is 6.18 Å². The Labute approximate surface area is 128 Å². The molecule has 2 nitrogen and oxygen atoms in total. The first-order chi connectivity index (χ1) is 8.39. The molecule has 4 N–H and O–H groups in total. The van der Waals surface area contributed by atoms with Gasteiger partial charge in [-0.2, -0.15) is 13.2 Å². The van der Waals surface area contributed by atoms with Crippen LogP contribution in [0.15, 0.2) is 24.3 Å². The number of rotatable bonds is 1. The van der Waals surface area contributed by atoms with Crippen LogP contribution in [0.3, 0.4) is 0 Å². The zero-order valence-electron chi connectivity index (χ0n) is 10.8. The maximum Gasteiger partial charge on any atom is 0.416 e. The lowest BCUT2D eigenvalue weighted by Crippen LogP contribution is -2.45. The van der Waals surface area contributed by atoms with E-state index in [2.05, 4.69) is 0 Å². The molecule has 0 aromatic heterocycles. The second-order valence-electron chi connectivity index (χ2n) is 4.92. The molecule has 1 unspecified atom stereocenters. The highest BCUT2D eigenvalue weighted by atomic mass is 35.5. The van der Waals surface area contributed by atoms with Gasteiger partial charge in [0.15, 0.2) is 0 Å². The number of alkyl halides is 3. The van der Waals surface area contributed by atoms with Crippen molar-refractivity contribution in [2.45, 2.75) is 43.4 Å². The predicted octanol–water partition coefficient (Wildman–Crippen LogP) is 3.47. The Balaban J connectivity index is 0.00000180. The first-order valence-corrected chi connectivity index (χ1v) is 6.07. The van der Waals surface area contributed by atoms with Crippen LogP contribution < -0.4 is 11.5 Å². The van der Waals surface area contributed by atoms with Gasteiger partial charge in [-0.3, -0.25) is 0 Å². The third kappa shape index (κ3) is 4.25. The summed E-state index contributed by atoms with van der Waals surface area (Å²) in [5, 5.41) is 0. The zero-order chi connectivity index (χ0) is 13.3. The molecule has 0 heterocycles. The largest absolute Gasteiger partial charge is 0.416 e. The lowest BCUT2D eigenvalue weighted by atomic mass is 9.78. The third-order valence-corrected chi connectivity index (χ3v) is 3.66. The molecule has 0 aliphatic heterocycles. The van der Waals surface area contributed by atoms with Crippen LogP contribution in [0.25, 0.3) is 0 Å². The van der Waals surface area contributed by atoms with E-state index in [1.54, 1.807) is 12.1 Å². The molecule has 20 heavy (non-hydrogen) atoms. The van der Waals surface area contributed by atoms with Crippen molar-refractivity contribution in [2.24, 2.45) is 11.5 Å². The highest BCUT2D eigenvalue weighted by Crippen LogP contribution is 2.39. The zero-order valence-corrected chi connectivity index (χ0v) is 12.4. The molecular weight excluding hydrogens is 312 g/mol. The quantitative estimate of drug-likeness (QED) is 0.828. The molecule has 0 spiro atoms. The summed E-state index contributed by atoms with van der Waals surface area (Å²) in [4.78, 5) is 0. The van der Waals surface area contributed by atoms with Gasteiger partial charge in [0, 0.05) is 12.1 Å². The molecule has 1 saturated carbocycles. The van der Waals surface area contributed by atoms with E-state index in [0.29, 0.717) is 24.8 Å². The highest BCUT2D eigenvalue weighted by molar-refractivity contribution is 5.85. The molecule has 7 heteroatoms. The Hall–Kier alpha value is -0.490. The Morgan fingerprint density at radius 1 is 0.950 bits per heavy atom. The lowest BCUT2D eigenvalue weighted by Gasteiger charge is -2.33. The highest BCUT2D eigenvalue weighted by Gasteiger charge is 2.36. The van der Waals surface area contributed by atoms with Gasteiger partial charge in [-0.1, -0.05) is 18.2 Å². The van der Waals surface area contributed by atoms with Crippen molar-refractivity contribution >= 4 is 24.8 Å². The number of hydrogen-bond acceptors (Lipinski definition) is 2. The van der Waals surface area contributed by atoms with Gasteiger partial charge < -0.3 is 11.5 Å². The SMILES string of the molecule is Cl.Cl.N[C@H]1CCC(c2ccccc2C(F)(F)F)C[C@@H]1N. The summed E-state index contributed by atoms with van der Waals surface area (Å²) in [5.41, 5.74) is 11.5. The van der Waals surface area contributed by atoms with E-state index in [0.717, 1.165) is 6.07 Å². The first kappa shape index (κ1) is 19.5. The van der Waals surface area contributed by atoms with Crippen molar-refractivity contribution in [3.8, 4) is 0 Å². The summed E-state index contributed by atoms with van der Waals surface area (Å²) >= 11 is 0. The fourth-order valence-corrected chi connectivity index (χ4v) is 2.62. The van der Waals surface area contributed by atoms with Crippen molar-refractivity contribution in [1.82, 2.24) is 0 Å². The molecule has 1 aliphatic carbocycles. The Kier molecular flexibility index (Phi) is 7.32. The maximum atomic E-state index is 12.9. The number of halogens is 5. The molecule has 116 valence electrons. The smallest absolute Gasteiger partial charge is 0.326 e. The average molecular weight is 331 g/mol. The summed E-state index contributed by atoms with van der Waals surface area (Å²) in [5.74, 6) is -0.141. The first-order valence-electron chi connectivity index (χ1n) is 6.07. The van der Waals surface area contributed by atoms with Crippen LogP contribution in [0.2, 0.25) is 0 Å². The van der Waals surface area contributed by atoms with Crippen molar-refractivity contribution < 1.29 is 13.2 Å². The predicted molar refractivity (Wildman–Crippen MR) is 78.5 cm³/mol. The topological polar surface area (TPSA) is 52.0 Å². The van der Waals surface area contributed by atoms with Crippen LogP contribution in [0.5, 0.6) is 0 Å². The lowest BCUT2D eigenvalue weighted by molar-refractivity contribution is -0.138. The van der Waals surface area contributed by atoms with E-state index in [-0.39, 0.29) is 42.8 Å². The van der Waals surface area contributed by atoms with E-state index in [1.807, 2.05) is 0 Å². The maximum absolute atomic E-state index is 12.9. The molecule has 0 saturated heterocycles.